The first-order valence-electron chi connectivity index (χ1n) is 6.68. The number of hydrogen-bond donors (Lipinski definition) is 2. The second kappa shape index (κ2) is 6.81. The number of hydrazine groups is 1. The molecule has 6 nitrogen and oxygen atoms in total. The van der Waals surface area contributed by atoms with Crippen LogP contribution in [0.5, 0.6) is 0 Å². The quantitative estimate of drug-likeness (QED) is 0.611. The Balaban J connectivity index is 2.06. The van der Waals surface area contributed by atoms with E-state index in [1.807, 2.05) is 44.4 Å². The Morgan fingerprint density at radius 2 is 2.15 bits per heavy atom. The SMILES string of the molecule is CCc1nc(NN)cc(N(C)CCc2ccccn2)n1. The Morgan fingerprint density at radius 1 is 1.30 bits per heavy atom. The summed E-state index contributed by atoms with van der Waals surface area (Å²) in [6, 6.07) is 7.79. The molecule has 2 rings (SSSR count). The number of aromatic nitrogens is 3. The predicted molar refractivity (Wildman–Crippen MR) is 80.4 cm³/mol. The number of rotatable bonds is 6. The lowest BCUT2D eigenvalue weighted by atomic mass is 10.2. The summed E-state index contributed by atoms with van der Waals surface area (Å²) in [5, 5.41) is 0. The molecule has 0 saturated heterocycles. The van der Waals surface area contributed by atoms with Crippen LogP contribution >= 0.6 is 0 Å². The van der Waals surface area contributed by atoms with Gasteiger partial charge in [-0.05, 0) is 12.1 Å². The first-order chi connectivity index (χ1) is 9.72. The lowest BCUT2D eigenvalue weighted by Crippen LogP contribution is -2.23. The van der Waals surface area contributed by atoms with Gasteiger partial charge in [0.1, 0.15) is 17.5 Å². The van der Waals surface area contributed by atoms with Crippen molar-refractivity contribution in [3.8, 4) is 0 Å². The van der Waals surface area contributed by atoms with Gasteiger partial charge < -0.3 is 10.3 Å². The van der Waals surface area contributed by atoms with Crippen molar-refractivity contribution >= 4 is 11.6 Å². The first-order valence-corrected chi connectivity index (χ1v) is 6.68. The van der Waals surface area contributed by atoms with E-state index in [9.17, 15) is 0 Å². The highest BCUT2D eigenvalue weighted by atomic mass is 15.3. The van der Waals surface area contributed by atoms with Crippen LogP contribution in [0.1, 0.15) is 18.4 Å². The van der Waals surface area contributed by atoms with Gasteiger partial charge >= 0.3 is 0 Å². The fourth-order valence-electron chi connectivity index (χ4n) is 1.85. The summed E-state index contributed by atoms with van der Waals surface area (Å²) < 4.78 is 0. The minimum absolute atomic E-state index is 0.636. The number of nitrogens with two attached hydrogens (primary N) is 1. The van der Waals surface area contributed by atoms with E-state index >= 15 is 0 Å². The summed E-state index contributed by atoms with van der Waals surface area (Å²) in [5.41, 5.74) is 3.65. The van der Waals surface area contributed by atoms with E-state index in [0.717, 1.165) is 36.7 Å². The third-order valence-electron chi connectivity index (χ3n) is 3.04. The number of pyridine rings is 1. The summed E-state index contributed by atoms with van der Waals surface area (Å²) in [5.74, 6) is 7.71. The van der Waals surface area contributed by atoms with Crippen molar-refractivity contribution in [2.24, 2.45) is 5.84 Å². The molecule has 2 aromatic rings. The highest BCUT2D eigenvalue weighted by molar-refractivity contribution is 5.48. The second-order valence-corrected chi connectivity index (χ2v) is 4.52. The number of likely N-dealkylation sites (N-methyl/N-ethyl adjacent to an activating group) is 1. The maximum Gasteiger partial charge on any atom is 0.145 e. The van der Waals surface area contributed by atoms with Crippen LogP contribution in [0.4, 0.5) is 11.6 Å². The largest absolute Gasteiger partial charge is 0.359 e. The average Bonchev–Trinajstić information content (AvgIpc) is 2.52. The Morgan fingerprint density at radius 3 is 2.80 bits per heavy atom. The molecule has 6 heteroatoms. The molecule has 0 aliphatic carbocycles. The van der Waals surface area contributed by atoms with Gasteiger partial charge in [0.15, 0.2) is 0 Å². The maximum absolute atomic E-state index is 5.44. The predicted octanol–water partition coefficient (Wildman–Crippen LogP) is 1.40. The Labute approximate surface area is 119 Å². The molecule has 0 saturated carbocycles. The van der Waals surface area contributed by atoms with E-state index in [1.54, 1.807) is 0 Å². The van der Waals surface area contributed by atoms with Gasteiger partial charge in [0.2, 0.25) is 0 Å². The van der Waals surface area contributed by atoms with E-state index in [4.69, 9.17) is 5.84 Å². The standard InChI is InChI=1S/C14H20N6/c1-3-12-17-13(19-15)10-14(18-12)20(2)9-7-11-6-4-5-8-16-11/h4-6,8,10H,3,7,9,15H2,1-2H3,(H,17,18,19). The molecule has 106 valence electrons. The van der Waals surface area contributed by atoms with Crippen molar-refractivity contribution in [1.82, 2.24) is 15.0 Å². The van der Waals surface area contributed by atoms with Gasteiger partial charge in [-0.2, -0.15) is 0 Å². The van der Waals surface area contributed by atoms with Crippen molar-refractivity contribution in [3.05, 3.63) is 42.0 Å². The molecule has 0 radical (unpaired) electrons. The number of hydrogen-bond acceptors (Lipinski definition) is 6. The number of nitrogen functional groups attached to an aromatic ring is 1. The molecule has 0 fully saturated rings. The number of aryl methyl sites for hydroxylation is 1. The van der Waals surface area contributed by atoms with E-state index in [-0.39, 0.29) is 0 Å². The minimum Gasteiger partial charge on any atom is -0.359 e. The molecule has 0 atom stereocenters. The van der Waals surface area contributed by atoms with Crippen molar-refractivity contribution in [1.29, 1.82) is 0 Å². The highest BCUT2D eigenvalue weighted by Crippen LogP contribution is 2.14. The average molecular weight is 272 g/mol. The van der Waals surface area contributed by atoms with Gasteiger partial charge in [-0.15, -0.1) is 0 Å². The van der Waals surface area contributed by atoms with Crippen LogP contribution in [0.15, 0.2) is 30.5 Å². The molecule has 0 aliphatic heterocycles. The zero-order valence-electron chi connectivity index (χ0n) is 11.9. The van der Waals surface area contributed by atoms with Gasteiger partial charge in [-0.25, -0.2) is 15.8 Å². The van der Waals surface area contributed by atoms with Crippen LogP contribution in [0.2, 0.25) is 0 Å². The molecule has 0 unspecified atom stereocenters. The summed E-state index contributed by atoms with van der Waals surface area (Å²) in [6.45, 7) is 2.86. The molecule has 3 N–H and O–H groups in total. The van der Waals surface area contributed by atoms with E-state index in [1.165, 1.54) is 0 Å². The van der Waals surface area contributed by atoms with E-state index < -0.39 is 0 Å². The Bertz CT molecular complexity index is 520. The molecule has 0 spiro atoms. The summed E-state index contributed by atoms with van der Waals surface area (Å²) in [6.07, 6.45) is 3.45. The Hall–Kier alpha value is -2.21. The van der Waals surface area contributed by atoms with Crippen molar-refractivity contribution in [2.45, 2.75) is 19.8 Å². The molecule has 20 heavy (non-hydrogen) atoms. The van der Waals surface area contributed by atoms with Crippen LogP contribution in [0.3, 0.4) is 0 Å². The zero-order chi connectivity index (χ0) is 14.4. The maximum atomic E-state index is 5.44. The van der Waals surface area contributed by atoms with Crippen LogP contribution in [0, 0.1) is 0 Å². The van der Waals surface area contributed by atoms with Crippen molar-refractivity contribution in [2.75, 3.05) is 23.9 Å². The number of anilines is 2. The van der Waals surface area contributed by atoms with Gasteiger partial charge in [-0.1, -0.05) is 13.0 Å². The normalized spacial score (nSPS) is 10.3. The highest BCUT2D eigenvalue weighted by Gasteiger charge is 2.07. The molecular formula is C14H20N6. The smallest absolute Gasteiger partial charge is 0.145 e. The van der Waals surface area contributed by atoms with Crippen LogP contribution < -0.4 is 16.2 Å². The number of nitrogens with zero attached hydrogens (tertiary/aromatic N) is 4. The minimum atomic E-state index is 0.636. The second-order valence-electron chi connectivity index (χ2n) is 4.52. The lowest BCUT2D eigenvalue weighted by molar-refractivity contribution is 0.822. The third kappa shape index (κ3) is 3.64. The fourth-order valence-corrected chi connectivity index (χ4v) is 1.85. The number of nitrogens with one attached hydrogen (secondary N) is 1. The molecule has 0 bridgehead atoms. The molecule has 0 amide bonds. The van der Waals surface area contributed by atoms with Gasteiger partial charge in [-0.3, -0.25) is 4.98 Å². The third-order valence-corrected chi connectivity index (χ3v) is 3.04. The van der Waals surface area contributed by atoms with Gasteiger partial charge in [0.25, 0.3) is 0 Å². The molecule has 0 aromatic carbocycles. The molecule has 2 heterocycles. The summed E-state index contributed by atoms with van der Waals surface area (Å²) >= 11 is 0. The lowest BCUT2D eigenvalue weighted by Gasteiger charge is -2.19. The Kier molecular flexibility index (Phi) is 4.84. The topological polar surface area (TPSA) is 80.0 Å². The first kappa shape index (κ1) is 14.2. The summed E-state index contributed by atoms with van der Waals surface area (Å²) in [4.78, 5) is 15.2. The molecule has 2 aromatic heterocycles. The monoisotopic (exact) mass is 272 g/mol. The molecular weight excluding hydrogens is 252 g/mol. The van der Waals surface area contributed by atoms with Crippen LogP contribution in [-0.2, 0) is 12.8 Å². The van der Waals surface area contributed by atoms with E-state index in [0.29, 0.717) is 5.82 Å². The van der Waals surface area contributed by atoms with Crippen molar-refractivity contribution in [3.63, 3.8) is 0 Å². The van der Waals surface area contributed by atoms with Crippen LogP contribution in [-0.4, -0.2) is 28.5 Å². The zero-order valence-corrected chi connectivity index (χ0v) is 11.9. The van der Waals surface area contributed by atoms with E-state index in [2.05, 4.69) is 25.3 Å². The fraction of sp³-hybridized carbons (Fsp3) is 0.357. The van der Waals surface area contributed by atoms with Gasteiger partial charge in [0.05, 0.1) is 0 Å². The molecule has 0 aliphatic rings. The van der Waals surface area contributed by atoms with Crippen molar-refractivity contribution < 1.29 is 0 Å². The summed E-state index contributed by atoms with van der Waals surface area (Å²) in [7, 11) is 2.00. The van der Waals surface area contributed by atoms with Gasteiger partial charge in [0, 0.05) is 44.4 Å². The van der Waals surface area contributed by atoms with Crippen LogP contribution in [0.25, 0.3) is 0 Å².